The van der Waals surface area contributed by atoms with E-state index in [0.29, 0.717) is 0 Å². The molecule has 1 unspecified atom stereocenters. The van der Waals surface area contributed by atoms with E-state index < -0.39 is 23.8 Å². The molecule has 58 valence electrons. The maximum Gasteiger partial charge on any atom is 0.340 e. The molecule has 0 bridgehead atoms. The Kier molecular flexibility index (Phi) is 2.51. The maximum atomic E-state index is 9.78. The van der Waals surface area contributed by atoms with E-state index >= 15 is 0 Å². The van der Waals surface area contributed by atoms with Crippen molar-refractivity contribution in [3.8, 4) is 0 Å². The highest BCUT2D eigenvalue weighted by Crippen LogP contribution is 2.00. The van der Waals surface area contributed by atoms with E-state index in [2.05, 4.69) is 0 Å². The highest BCUT2D eigenvalue weighted by atomic mass is 16.5. The van der Waals surface area contributed by atoms with Crippen molar-refractivity contribution in [3.63, 3.8) is 0 Å². The third kappa shape index (κ3) is 1.82. The number of carbonyl (C=O) groups is 1. The van der Waals surface area contributed by atoms with Crippen molar-refractivity contribution in [2.45, 2.75) is 6.10 Å². The van der Waals surface area contributed by atoms with Crippen LogP contribution >= 0.6 is 0 Å². The molecule has 0 aromatic carbocycles. The van der Waals surface area contributed by atoms with Gasteiger partial charge in [-0.25, -0.2) is 4.79 Å². The summed E-state index contributed by atoms with van der Waals surface area (Å²) in [4.78, 5) is 9.78. The number of hydrogen-bond donors (Lipinski definition) is 5. The summed E-state index contributed by atoms with van der Waals surface area (Å²) < 4.78 is 0. The minimum Gasteiger partial charge on any atom is -0.503 e. The number of hydrogen-bond acceptors (Lipinski definition) is 5. The molecule has 6 heteroatoms. The van der Waals surface area contributed by atoms with Crippen LogP contribution in [0.25, 0.3) is 0 Å². The molecular weight excluding hydrogens is 144 g/mol. The summed E-state index contributed by atoms with van der Waals surface area (Å²) in [5.74, 6) is -4.75. The van der Waals surface area contributed by atoms with Crippen LogP contribution in [0.1, 0.15) is 0 Å². The van der Waals surface area contributed by atoms with E-state index in [1.54, 1.807) is 0 Å². The van der Waals surface area contributed by atoms with Gasteiger partial charge in [-0.1, -0.05) is 0 Å². The maximum absolute atomic E-state index is 9.78. The Morgan fingerprint density at radius 3 is 1.60 bits per heavy atom. The molecule has 0 amide bonds. The number of aliphatic carboxylic acids is 1. The first-order chi connectivity index (χ1) is 4.46. The molecule has 0 radical (unpaired) electrons. The van der Waals surface area contributed by atoms with Crippen LogP contribution < -0.4 is 0 Å². The summed E-state index contributed by atoms with van der Waals surface area (Å²) in [5.41, 5.74) is 0. The molecule has 10 heavy (non-hydrogen) atoms. The topological polar surface area (TPSA) is 118 Å². The van der Waals surface area contributed by atoms with E-state index in [1.807, 2.05) is 0 Å². The molecular formula is C4H6O6. The lowest BCUT2D eigenvalue weighted by Crippen LogP contribution is -2.23. The molecule has 0 heterocycles. The van der Waals surface area contributed by atoms with E-state index in [0.717, 1.165) is 0 Å². The molecule has 0 rings (SSSR count). The first kappa shape index (κ1) is 8.57. The average molecular weight is 150 g/mol. The van der Waals surface area contributed by atoms with Crippen LogP contribution in [0.5, 0.6) is 0 Å². The summed E-state index contributed by atoms with van der Waals surface area (Å²) in [7, 11) is 0. The van der Waals surface area contributed by atoms with Gasteiger partial charge in [-0.05, 0) is 0 Å². The van der Waals surface area contributed by atoms with Gasteiger partial charge in [0.05, 0.1) is 0 Å². The highest BCUT2D eigenvalue weighted by Gasteiger charge is 2.22. The summed E-state index contributed by atoms with van der Waals surface area (Å²) in [6.45, 7) is 0. The van der Waals surface area contributed by atoms with Crippen molar-refractivity contribution < 1.29 is 30.3 Å². The van der Waals surface area contributed by atoms with Crippen LogP contribution in [0.15, 0.2) is 11.7 Å². The number of aliphatic hydroxyl groups is 4. The van der Waals surface area contributed by atoms with Crippen LogP contribution in [-0.2, 0) is 4.79 Å². The van der Waals surface area contributed by atoms with Crippen LogP contribution in [-0.4, -0.2) is 37.6 Å². The predicted molar refractivity (Wildman–Crippen MR) is 28.6 cm³/mol. The van der Waals surface area contributed by atoms with E-state index in [-0.39, 0.29) is 0 Å². The smallest absolute Gasteiger partial charge is 0.340 e. The molecule has 0 aromatic rings. The van der Waals surface area contributed by atoms with Crippen LogP contribution in [0.2, 0.25) is 0 Å². The molecule has 1 atom stereocenters. The van der Waals surface area contributed by atoms with Gasteiger partial charge >= 0.3 is 11.9 Å². The van der Waals surface area contributed by atoms with Crippen molar-refractivity contribution in [1.29, 1.82) is 0 Å². The molecule has 0 saturated heterocycles. The van der Waals surface area contributed by atoms with Crippen molar-refractivity contribution in [1.82, 2.24) is 0 Å². The average Bonchev–Trinajstić information content (AvgIpc) is 1.84. The number of aliphatic hydroxyl groups excluding tert-OH is 3. The second kappa shape index (κ2) is 2.92. The van der Waals surface area contributed by atoms with Crippen LogP contribution in [0, 0.1) is 0 Å². The molecule has 0 aliphatic rings. The van der Waals surface area contributed by atoms with Crippen molar-refractivity contribution in [2.24, 2.45) is 0 Å². The number of carboxylic acids is 1. The van der Waals surface area contributed by atoms with Crippen molar-refractivity contribution in [2.75, 3.05) is 0 Å². The molecule has 0 aliphatic heterocycles. The molecule has 0 saturated carbocycles. The number of rotatable bonds is 2. The standard InChI is InChI=1S/C4H6O6/c5-1(3(7)8)2(6)4(9)10/h1,5-6,9-10H,(H,7,8). The van der Waals surface area contributed by atoms with Gasteiger partial charge in [0.25, 0.3) is 0 Å². The third-order valence-corrected chi connectivity index (χ3v) is 0.722. The summed E-state index contributed by atoms with van der Waals surface area (Å²) >= 11 is 0. The van der Waals surface area contributed by atoms with Crippen LogP contribution in [0.3, 0.4) is 0 Å². The Morgan fingerprint density at radius 1 is 1.10 bits per heavy atom. The van der Waals surface area contributed by atoms with Gasteiger partial charge in [-0.2, -0.15) is 0 Å². The Morgan fingerprint density at radius 2 is 1.50 bits per heavy atom. The molecule has 0 aromatic heterocycles. The second-order valence-electron chi connectivity index (χ2n) is 1.45. The Labute approximate surface area is 55.3 Å². The van der Waals surface area contributed by atoms with Gasteiger partial charge in [0.1, 0.15) is 0 Å². The zero-order chi connectivity index (χ0) is 8.31. The van der Waals surface area contributed by atoms with Gasteiger partial charge in [0.2, 0.25) is 11.9 Å². The lowest BCUT2D eigenvalue weighted by atomic mass is 10.3. The second-order valence-corrected chi connectivity index (χ2v) is 1.45. The lowest BCUT2D eigenvalue weighted by molar-refractivity contribution is -0.146. The molecule has 0 spiro atoms. The first-order valence-electron chi connectivity index (χ1n) is 2.18. The van der Waals surface area contributed by atoms with Gasteiger partial charge in [0, 0.05) is 0 Å². The fourth-order valence-electron chi connectivity index (χ4n) is 0.239. The predicted octanol–water partition coefficient (Wildman–Crippen LogP) is -0.725. The Bertz CT molecular complexity index is 167. The fourth-order valence-corrected chi connectivity index (χ4v) is 0.239. The van der Waals surface area contributed by atoms with Crippen LogP contribution in [0.4, 0.5) is 0 Å². The minimum atomic E-state index is -2.29. The third-order valence-electron chi connectivity index (χ3n) is 0.722. The summed E-state index contributed by atoms with van der Waals surface area (Å²) in [6.07, 6.45) is -2.29. The quantitative estimate of drug-likeness (QED) is 0.331. The van der Waals surface area contributed by atoms with Crippen molar-refractivity contribution >= 4 is 5.97 Å². The van der Waals surface area contributed by atoms with E-state index in [4.69, 9.17) is 25.5 Å². The van der Waals surface area contributed by atoms with Gasteiger partial charge in [0.15, 0.2) is 0 Å². The Hall–Kier alpha value is -1.43. The zero-order valence-electron chi connectivity index (χ0n) is 4.72. The molecule has 5 N–H and O–H groups in total. The van der Waals surface area contributed by atoms with Gasteiger partial charge in [-0.3, -0.25) is 0 Å². The molecule has 0 fully saturated rings. The van der Waals surface area contributed by atoms with Crippen molar-refractivity contribution in [3.05, 3.63) is 11.7 Å². The Balaban J connectivity index is 4.37. The van der Waals surface area contributed by atoms with Gasteiger partial charge < -0.3 is 25.5 Å². The van der Waals surface area contributed by atoms with E-state index in [1.165, 1.54) is 0 Å². The first-order valence-corrected chi connectivity index (χ1v) is 2.18. The SMILES string of the molecule is O=C(O)C(O)C(O)=C(O)O. The molecule has 6 nitrogen and oxygen atoms in total. The lowest BCUT2D eigenvalue weighted by Gasteiger charge is -2.02. The van der Waals surface area contributed by atoms with E-state index in [9.17, 15) is 4.79 Å². The molecule has 0 aliphatic carbocycles. The largest absolute Gasteiger partial charge is 0.503 e. The zero-order valence-corrected chi connectivity index (χ0v) is 4.72. The summed E-state index contributed by atoms with van der Waals surface area (Å²) in [6, 6.07) is 0. The number of carboxylic acid groups (broad SMARTS) is 1. The minimum absolute atomic E-state index is 1.38. The normalized spacial score (nSPS) is 12.1. The fraction of sp³-hybridized carbons (Fsp3) is 0.250. The van der Waals surface area contributed by atoms with Gasteiger partial charge in [-0.15, -0.1) is 0 Å². The monoisotopic (exact) mass is 150 g/mol. The highest BCUT2D eigenvalue weighted by molar-refractivity contribution is 5.75. The summed E-state index contributed by atoms with van der Waals surface area (Å²) in [5, 5.41) is 40.6.